The van der Waals surface area contributed by atoms with E-state index in [2.05, 4.69) is 6.58 Å². The maximum Gasteiger partial charge on any atom is 0.166 e. The van der Waals surface area contributed by atoms with Crippen LogP contribution in [0.3, 0.4) is 0 Å². The molecule has 0 unspecified atom stereocenters. The third-order valence-electron chi connectivity index (χ3n) is 1.94. The monoisotopic (exact) mass is 219 g/mol. The van der Waals surface area contributed by atoms with Crippen LogP contribution in [0.1, 0.15) is 18.0 Å². The molecule has 0 radical (unpaired) electrons. The summed E-state index contributed by atoms with van der Waals surface area (Å²) in [5.41, 5.74) is 4.58. The first-order chi connectivity index (χ1) is 6.99. The van der Waals surface area contributed by atoms with Crippen LogP contribution in [0.4, 0.5) is 17.6 Å². The third kappa shape index (κ3) is 2.18. The normalized spacial score (nSPS) is 12.6. The van der Waals surface area contributed by atoms with E-state index in [0.29, 0.717) is 0 Å². The van der Waals surface area contributed by atoms with Gasteiger partial charge in [0.2, 0.25) is 0 Å². The van der Waals surface area contributed by atoms with Gasteiger partial charge in [-0.15, -0.1) is 6.58 Å². The standard InChI is InChI=1S/C10H9F4N/c1-2-3-7(15)8-9(13)5(11)4-6(12)10(8)14/h2,4,7H,1,3,15H2/t7-/m1/s1. The first-order valence-electron chi connectivity index (χ1n) is 4.18. The molecule has 0 spiro atoms. The molecule has 1 aromatic carbocycles. The van der Waals surface area contributed by atoms with E-state index in [0.717, 1.165) is 0 Å². The molecule has 0 aromatic heterocycles. The minimum absolute atomic E-state index is 0.0245. The van der Waals surface area contributed by atoms with Crippen LogP contribution in [0.15, 0.2) is 18.7 Å². The fourth-order valence-electron chi connectivity index (χ4n) is 1.21. The van der Waals surface area contributed by atoms with Crippen LogP contribution >= 0.6 is 0 Å². The van der Waals surface area contributed by atoms with E-state index in [1.54, 1.807) is 0 Å². The Kier molecular flexibility index (Phi) is 3.47. The van der Waals surface area contributed by atoms with Gasteiger partial charge in [0.05, 0.1) is 0 Å². The van der Waals surface area contributed by atoms with E-state index in [1.807, 2.05) is 0 Å². The molecule has 15 heavy (non-hydrogen) atoms. The molecule has 82 valence electrons. The van der Waals surface area contributed by atoms with E-state index in [1.165, 1.54) is 6.08 Å². The lowest BCUT2D eigenvalue weighted by molar-refractivity contribution is 0.427. The van der Waals surface area contributed by atoms with Gasteiger partial charge in [0.25, 0.3) is 0 Å². The number of hydrogen-bond acceptors (Lipinski definition) is 1. The summed E-state index contributed by atoms with van der Waals surface area (Å²) in [6.07, 6.45) is 1.34. The Morgan fingerprint density at radius 3 is 2.07 bits per heavy atom. The second-order valence-corrected chi connectivity index (χ2v) is 3.01. The summed E-state index contributed by atoms with van der Waals surface area (Å²) in [7, 11) is 0. The van der Waals surface area contributed by atoms with E-state index in [-0.39, 0.29) is 12.5 Å². The molecule has 0 fully saturated rings. The van der Waals surface area contributed by atoms with Crippen LogP contribution in [0.2, 0.25) is 0 Å². The highest BCUT2D eigenvalue weighted by Gasteiger charge is 2.22. The highest BCUT2D eigenvalue weighted by molar-refractivity contribution is 5.26. The van der Waals surface area contributed by atoms with Crippen LogP contribution in [0.5, 0.6) is 0 Å². The van der Waals surface area contributed by atoms with Crippen molar-refractivity contribution in [1.29, 1.82) is 0 Å². The van der Waals surface area contributed by atoms with Gasteiger partial charge in [0.1, 0.15) is 0 Å². The molecule has 5 heteroatoms. The average Bonchev–Trinajstić information content (AvgIpc) is 2.16. The van der Waals surface area contributed by atoms with Crippen molar-refractivity contribution in [3.8, 4) is 0 Å². The van der Waals surface area contributed by atoms with Crippen molar-refractivity contribution < 1.29 is 17.6 Å². The van der Waals surface area contributed by atoms with Gasteiger partial charge in [-0.25, -0.2) is 17.6 Å². The lowest BCUT2D eigenvalue weighted by Crippen LogP contribution is -2.15. The fourth-order valence-corrected chi connectivity index (χ4v) is 1.21. The zero-order valence-electron chi connectivity index (χ0n) is 7.74. The van der Waals surface area contributed by atoms with Gasteiger partial charge in [0, 0.05) is 17.7 Å². The van der Waals surface area contributed by atoms with Crippen molar-refractivity contribution in [2.24, 2.45) is 5.73 Å². The van der Waals surface area contributed by atoms with Crippen molar-refractivity contribution >= 4 is 0 Å². The van der Waals surface area contributed by atoms with Crippen LogP contribution in [-0.2, 0) is 0 Å². The van der Waals surface area contributed by atoms with Crippen molar-refractivity contribution in [2.75, 3.05) is 0 Å². The number of nitrogens with two attached hydrogens (primary N) is 1. The molecule has 0 saturated carbocycles. The highest BCUT2D eigenvalue weighted by atomic mass is 19.2. The van der Waals surface area contributed by atoms with Crippen molar-refractivity contribution in [2.45, 2.75) is 12.5 Å². The first-order valence-corrected chi connectivity index (χ1v) is 4.18. The van der Waals surface area contributed by atoms with Crippen LogP contribution in [0.25, 0.3) is 0 Å². The van der Waals surface area contributed by atoms with E-state index >= 15 is 0 Å². The Morgan fingerprint density at radius 1 is 1.20 bits per heavy atom. The number of halogens is 4. The van der Waals surface area contributed by atoms with Gasteiger partial charge in [-0.05, 0) is 6.42 Å². The second-order valence-electron chi connectivity index (χ2n) is 3.01. The molecule has 0 heterocycles. The lowest BCUT2D eigenvalue weighted by Gasteiger charge is -2.12. The zero-order chi connectivity index (χ0) is 11.6. The molecule has 2 N–H and O–H groups in total. The Hall–Kier alpha value is -1.36. The summed E-state index contributed by atoms with van der Waals surface area (Å²) in [6, 6.07) is -0.998. The Bertz CT molecular complexity index is 363. The maximum atomic E-state index is 13.1. The Labute approximate surface area is 84.2 Å². The summed E-state index contributed by atoms with van der Waals surface area (Å²) in [4.78, 5) is 0. The zero-order valence-corrected chi connectivity index (χ0v) is 7.74. The van der Waals surface area contributed by atoms with Crippen LogP contribution in [0, 0.1) is 23.3 Å². The van der Waals surface area contributed by atoms with Gasteiger partial charge in [0.15, 0.2) is 23.3 Å². The molecule has 0 amide bonds. The van der Waals surface area contributed by atoms with E-state index < -0.39 is 34.9 Å². The summed E-state index contributed by atoms with van der Waals surface area (Å²) >= 11 is 0. The minimum Gasteiger partial charge on any atom is -0.324 e. The van der Waals surface area contributed by atoms with Gasteiger partial charge < -0.3 is 5.73 Å². The molecule has 0 aliphatic rings. The molecule has 0 aliphatic heterocycles. The topological polar surface area (TPSA) is 26.0 Å². The first kappa shape index (κ1) is 11.7. The van der Waals surface area contributed by atoms with E-state index in [9.17, 15) is 17.6 Å². The molecule has 1 nitrogen and oxygen atoms in total. The molecule has 1 aromatic rings. The molecule has 1 atom stereocenters. The van der Waals surface area contributed by atoms with Crippen molar-refractivity contribution in [3.05, 3.63) is 47.6 Å². The van der Waals surface area contributed by atoms with Crippen molar-refractivity contribution in [3.63, 3.8) is 0 Å². The van der Waals surface area contributed by atoms with Gasteiger partial charge in [-0.2, -0.15) is 0 Å². The Morgan fingerprint density at radius 2 is 1.67 bits per heavy atom. The predicted molar refractivity (Wildman–Crippen MR) is 48.0 cm³/mol. The summed E-state index contributed by atoms with van der Waals surface area (Å²) < 4.78 is 51.8. The smallest absolute Gasteiger partial charge is 0.166 e. The predicted octanol–water partition coefficient (Wildman–Crippen LogP) is 2.82. The highest BCUT2D eigenvalue weighted by Crippen LogP contribution is 2.25. The lowest BCUT2D eigenvalue weighted by atomic mass is 10.0. The van der Waals surface area contributed by atoms with Crippen LogP contribution < -0.4 is 5.73 Å². The van der Waals surface area contributed by atoms with Crippen molar-refractivity contribution in [1.82, 2.24) is 0 Å². The molecular weight excluding hydrogens is 210 g/mol. The summed E-state index contributed by atoms with van der Waals surface area (Å²) in [5.74, 6) is -5.82. The second kappa shape index (κ2) is 4.44. The van der Waals surface area contributed by atoms with Gasteiger partial charge in [-0.3, -0.25) is 0 Å². The molecule has 0 bridgehead atoms. The molecule has 0 aliphatic carbocycles. The fraction of sp³-hybridized carbons (Fsp3) is 0.200. The Balaban J connectivity index is 3.31. The third-order valence-corrected chi connectivity index (χ3v) is 1.94. The minimum atomic E-state index is -1.46. The number of rotatable bonds is 3. The largest absolute Gasteiger partial charge is 0.324 e. The molecule has 0 saturated heterocycles. The quantitative estimate of drug-likeness (QED) is 0.472. The van der Waals surface area contributed by atoms with Crippen LogP contribution in [-0.4, -0.2) is 0 Å². The summed E-state index contributed by atoms with van der Waals surface area (Å²) in [6.45, 7) is 3.32. The van der Waals surface area contributed by atoms with E-state index in [4.69, 9.17) is 5.73 Å². The number of benzene rings is 1. The molecule has 1 rings (SSSR count). The SMILES string of the molecule is C=CC[C@@H](N)c1c(F)c(F)cc(F)c1F. The summed E-state index contributed by atoms with van der Waals surface area (Å²) in [5, 5.41) is 0. The number of hydrogen-bond donors (Lipinski definition) is 1. The van der Waals surface area contributed by atoms with Gasteiger partial charge in [-0.1, -0.05) is 6.08 Å². The van der Waals surface area contributed by atoms with Gasteiger partial charge >= 0.3 is 0 Å². The average molecular weight is 219 g/mol. The maximum absolute atomic E-state index is 13.1. The molecular formula is C10H9F4N.